The molecular formula is C20H31N5O. The van der Waals surface area contributed by atoms with Crippen molar-refractivity contribution >= 4 is 17.6 Å². The number of amides is 1. The van der Waals surface area contributed by atoms with Gasteiger partial charge in [-0.2, -0.15) is 0 Å². The lowest BCUT2D eigenvalue weighted by Crippen LogP contribution is -2.40. The molecule has 2 fully saturated rings. The molecule has 0 bridgehead atoms. The van der Waals surface area contributed by atoms with E-state index in [1.54, 1.807) is 0 Å². The molecule has 2 heterocycles. The van der Waals surface area contributed by atoms with E-state index >= 15 is 0 Å². The van der Waals surface area contributed by atoms with Crippen LogP contribution in [0.3, 0.4) is 0 Å². The highest BCUT2D eigenvalue weighted by Gasteiger charge is 2.21. The highest BCUT2D eigenvalue weighted by Crippen LogP contribution is 2.21. The van der Waals surface area contributed by atoms with Gasteiger partial charge in [0.2, 0.25) is 5.91 Å². The Hall–Kier alpha value is -2.08. The zero-order chi connectivity index (χ0) is 18.4. The third kappa shape index (κ3) is 4.97. The Morgan fingerprint density at radius 1 is 1.23 bits per heavy atom. The number of nitrogens with one attached hydrogen (secondary N) is 2. The summed E-state index contributed by atoms with van der Waals surface area (Å²) in [6.07, 6.45) is 2.87. The van der Waals surface area contributed by atoms with Gasteiger partial charge in [0.25, 0.3) is 0 Å². The lowest BCUT2D eigenvalue weighted by Gasteiger charge is -2.16. The van der Waals surface area contributed by atoms with Crippen LogP contribution in [0.4, 0.5) is 5.69 Å². The molecule has 2 saturated heterocycles. The molecule has 0 aliphatic carbocycles. The van der Waals surface area contributed by atoms with Crippen LogP contribution in [0, 0.1) is 5.92 Å². The number of guanidine groups is 1. The van der Waals surface area contributed by atoms with E-state index in [0.717, 1.165) is 49.8 Å². The number of benzene rings is 1. The second kappa shape index (κ2) is 9.03. The molecule has 2 aliphatic heterocycles. The zero-order valence-corrected chi connectivity index (χ0v) is 16.0. The van der Waals surface area contributed by atoms with Gasteiger partial charge in [0.05, 0.1) is 6.54 Å². The number of aliphatic imine (C=N–C) groups is 1. The average Bonchev–Trinajstić information content (AvgIpc) is 3.26. The van der Waals surface area contributed by atoms with Gasteiger partial charge in [-0.3, -0.25) is 4.79 Å². The van der Waals surface area contributed by atoms with Crippen molar-refractivity contribution in [3.05, 3.63) is 29.8 Å². The maximum Gasteiger partial charge on any atom is 0.227 e. The predicted octanol–water partition coefficient (Wildman–Crippen LogP) is 1.82. The monoisotopic (exact) mass is 357 g/mol. The lowest BCUT2D eigenvalue weighted by molar-refractivity contribution is -0.117. The van der Waals surface area contributed by atoms with Gasteiger partial charge in [0, 0.05) is 38.3 Å². The number of hydrogen-bond donors (Lipinski definition) is 2. The number of carbonyl (C=O) groups excluding carboxylic acids is 1. The van der Waals surface area contributed by atoms with E-state index < -0.39 is 0 Å². The third-order valence-corrected chi connectivity index (χ3v) is 5.13. The molecule has 6 nitrogen and oxygen atoms in total. The first kappa shape index (κ1) is 18.7. The molecule has 2 N–H and O–H groups in total. The first-order valence-electron chi connectivity index (χ1n) is 9.75. The zero-order valence-electron chi connectivity index (χ0n) is 16.0. The summed E-state index contributed by atoms with van der Waals surface area (Å²) in [4.78, 5) is 20.8. The number of likely N-dealkylation sites (tertiary alicyclic amines) is 1. The van der Waals surface area contributed by atoms with Crippen molar-refractivity contribution in [1.29, 1.82) is 0 Å². The van der Waals surface area contributed by atoms with Crippen molar-refractivity contribution in [2.75, 3.05) is 44.7 Å². The van der Waals surface area contributed by atoms with Crippen molar-refractivity contribution in [3.8, 4) is 0 Å². The molecule has 0 spiro atoms. The fourth-order valence-corrected chi connectivity index (χ4v) is 3.65. The van der Waals surface area contributed by atoms with Gasteiger partial charge in [-0.05, 0) is 57.0 Å². The summed E-state index contributed by atoms with van der Waals surface area (Å²) < 4.78 is 0. The molecule has 26 heavy (non-hydrogen) atoms. The Bertz CT molecular complexity index is 628. The minimum absolute atomic E-state index is 0.229. The van der Waals surface area contributed by atoms with Gasteiger partial charge in [0.1, 0.15) is 0 Å². The number of anilines is 1. The highest BCUT2D eigenvalue weighted by molar-refractivity contribution is 5.95. The maximum absolute atomic E-state index is 11.8. The fraction of sp³-hybridized carbons (Fsp3) is 0.600. The van der Waals surface area contributed by atoms with Crippen LogP contribution in [-0.4, -0.2) is 56.5 Å². The Labute approximate surface area is 156 Å². The second-order valence-electron chi connectivity index (χ2n) is 7.31. The highest BCUT2D eigenvalue weighted by atomic mass is 16.2. The average molecular weight is 358 g/mol. The summed E-state index contributed by atoms with van der Waals surface area (Å²) in [6.45, 7) is 7.71. The molecule has 1 atom stereocenters. The Morgan fingerprint density at radius 2 is 2.04 bits per heavy atom. The van der Waals surface area contributed by atoms with E-state index in [1.165, 1.54) is 13.0 Å². The minimum Gasteiger partial charge on any atom is -0.357 e. The van der Waals surface area contributed by atoms with Crippen LogP contribution in [0.2, 0.25) is 0 Å². The lowest BCUT2D eigenvalue weighted by atomic mass is 10.1. The van der Waals surface area contributed by atoms with E-state index in [2.05, 4.69) is 41.6 Å². The summed E-state index contributed by atoms with van der Waals surface area (Å²) in [7, 11) is 2.18. The molecule has 1 amide bonds. The first-order chi connectivity index (χ1) is 12.7. The standard InChI is InChI=1S/C20H31N5O/c1-3-21-20(23-14-17-10-12-24(2)15-17)22-13-16-6-8-18(9-7-16)25-11-4-5-19(25)26/h6-9,17H,3-5,10-15H2,1-2H3,(H2,21,22,23). The van der Waals surface area contributed by atoms with Crippen molar-refractivity contribution in [2.24, 2.45) is 10.9 Å². The summed E-state index contributed by atoms with van der Waals surface area (Å²) >= 11 is 0. The number of rotatable bonds is 6. The van der Waals surface area contributed by atoms with Gasteiger partial charge in [0.15, 0.2) is 5.96 Å². The predicted molar refractivity (Wildman–Crippen MR) is 106 cm³/mol. The smallest absolute Gasteiger partial charge is 0.227 e. The Balaban J connectivity index is 1.54. The van der Waals surface area contributed by atoms with E-state index in [1.807, 2.05) is 17.0 Å². The topological polar surface area (TPSA) is 60.0 Å². The van der Waals surface area contributed by atoms with Crippen molar-refractivity contribution in [1.82, 2.24) is 15.5 Å². The van der Waals surface area contributed by atoms with Crippen molar-refractivity contribution < 1.29 is 4.79 Å². The van der Waals surface area contributed by atoms with Crippen LogP contribution in [-0.2, 0) is 11.3 Å². The SMILES string of the molecule is CCNC(=NCc1ccc(N2CCCC2=O)cc1)NCC1CCN(C)C1. The minimum atomic E-state index is 0.229. The molecule has 0 radical (unpaired) electrons. The van der Waals surface area contributed by atoms with Gasteiger partial charge < -0.3 is 20.4 Å². The van der Waals surface area contributed by atoms with Crippen LogP contribution >= 0.6 is 0 Å². The van der Waals surface area contributed by atoms with E-state index in [4.69, 9.17) is 4.99 Å². The molecule has 0 saturated carbocycles. The Kier molecular flexibility index (Phi) is 6.50. The van der Waals surface area contributed by atoms with E-state index in [9.17, 15) is 4.79 Å². The van der Waals surface area contributed by atoms with Gasteiger partial charge in [-0.25, -0.2) is 4.99 Å². The summed E-state index contributed by atoms with van der Waals surface area (Å²) in [5.41, 5.74) is 2.15. The molecule has 1 aromatic carbocycles. The first-order valence-corrected chi connectivity index (χ1v) is 9.75. The van der Waals surface area contributed by atoms with Gasteiger partial charge in [-0.1, -0.05) is 12.1 Å². The number of carbonyl (C=O) groups is 1. The van der Waals surface area contributed by atoms with Crippen LogP contribution in [0.25, 0.3) is 0 Å². The van der Waals surface area contributed by atoms with Crippen molar-refractivity contribution in [2.45, 2.75) is 32.7 Å². The van der Waals surface area contributed by atoms with Gasteiger partial charge in [-0.15, -0.1) is 0 Å². The number of nitrogens with zero attached hydrogens (tertiary/aromatic N) is 3. The molecular weight excluding hydrogens is 326 g/mol. The van der Waals surface area contributed by atoms with Crippen LogP contribution in [0.15, 0.2) is 29.3 Å². The molecule has 6 heteroatoms. The third-order valence-electron chi connectivity index (χ3n) is 5.13. The molecule has 0 aromatic heterocycles. The fourth-order valence-electron chi connectivity index (χ4n) is 3.65. The second-order valence-corrected chi connectivity index (χ2v) is 7.31. The molecule has 1 aromatic rings. The summed E-state index contributed by atoms with van der Waals surface area (Å²) in [5.74, 6) is 1.80. The normalized spacial score (nSPS) is 21.5. The summed E-state index contributed by atoms with van der Waals surface area (Å²) in [5, 5.41) is 6.80. The van der Waals surface area contributed by atoms with Crippen LogP contribution < -0.4 is 15.5 Å². The quantitative estimate of drug-likeness (QED) is 0.602. The van der Waals surface area contributed by atoms with E-state index in [-0.39, 0.29) is 5.91 Å². The maximum atomic E-state index is 11.8. The van der Waals surface area contributed by atoms with E-state index in [0.29, 0.717) is 18.9 Å². The van der Waals surface area contributed by atoms with Crippen LogP contribution in [0.5, 0.6) is 0 Å². The molecule has 3 rings (SSSR count). The van der Waals surface area contributed by atoms with Crippen LogP contribution in [0.1, 0.15) is 31.7 Å². The molecule has 1 unspecified atom stereocenters. The number of hydrogen-bond acceptors (Lipinski definition) is 3. The largest absolute Gasteiger partial charge is 0.357 e. The van der Waals surface area contributed by atoms with Crippen molar-refractivity contribution in [3.63, 3.8) is 0 Å². The molecule has 2 aliphatic rings. The molecule has 142 valence electrons. The Morgan fingerprint density at radius 3 is 2.65 bits per heavy atom. The van der Waals surface area contributed by atoms with Gasteiger partial charge >= 0.3 is 0 Å². The summed E-state index contributed by atoms with van der Waals surface area (Å²) in [6, 6.07) is 8.20.